The fourth-order valence-corrected chi connectivity index (χ4v) is 5.07. The molecule has 9 nitrogen and oxygen atoms in total. The molecular formula is C20H20N4O5S. The van der Waals surface area contributed by atoms with Crippen molar-refractivity contribution in [3.8, 4) is 17.1 Å². The van der Waals surface area contributed by atoms with Crippen LogP contribution in [0.5, 0.6) is 5.75 Å². The van der Waals surface area contributed by atoms with E-state index in [-0.39, 0.29) is 12.1 Å². The van der Waals surface area contributed by atoms with Crippen LogP contribution in [0.15, 0.2) is 28.8 Å². The highest BCUT2D eigenvalue weighted by Crippen LogP contribution is 2.44. The van der Waals surface area contributed by atoms with Crippen molar-refractivity contribution in [2.75, 3.05) is 38.1 Å². The van der Waals surface area contributed by atoms with Gasteiger partial charge in [0.25, 0.3) is 6.01 Å². The van der Waals surface area contributed by atoms with Crippen LogP contribution in [0, 0.1) is 0 Å². The van der Waals surface area contributed by atoms with E-state index in [0.29, 0.717) is 47.0 Å². The van der Waals surface area contributed by atoms with Crippen LogP contribution in [0.1, 0.15) is 27.0 Å². The summed E-state index contributed by atoms with van der Waals surface area (Å²) in [5.41, 5.74) is 7.93. The molecule has 1 aromatic carbocycles. The molecule has 0 unspecified atom stereocenters. The molecule has 0 amide bonds. The first-order valence-corrected chi connectivity index (χ1v) is 10.2. The van der Waals surface area contributed by atoms with Gasteiger partial charge in [0.2, 0.25) is 0 Å². The molecule has 4 heterocycles. The van der Waals surface area contributed by atoms with E-state index in [2.05, 4.69) is 14.9 Å². The fourth-order valence-electron chi connectivity index (χ4n) is 4.12. The minimum atomic E-state index is -0.480. The minimum Gasteiger partial charge on any atom is -0.495 e. The summed E-state index contributed by atoms with van der Waals surface area (Å²) in [5.74, 6) is 0.402. The van der Waals surface area contributed by atoms with Crippen molar-refractivity contribution in [1.29, 1.82) is 0 Å². The second kappa shape index (κ2) is 7.29. The van der Waals surface area contributed by atoms with E-state index in [9.17, 15) is 4.79 Å². The van der Waals surface area contributed by atoms with Gasteiger partial charge in [0.15, 0.2) is 10.9 Å². The maximum absolute atomic E-state index is 12.1. The summed E-state index contributed by atoms with van der Waals surface area (Å²) < 4.78 is 22.3. The molecule has 2 bridgehead atoms. The van der Waals surface area contributed by atoms with Gasteiger partial charge in [0.1, 0.15) is 11.3 Å². The average molecular weight is 428 g/mol. The highest BCUT2D eigenvalue weighted by molar-refractivity contribution is 7.15. The molecule has 2 atom stereocenters. The molecule has 30 heavy (non-hydrogen) atoms. The Morgan fingerprint density at radius 2 is 2.20 bits per heavy atom. The second-order valence-electron chi connectivity index (χ2n) is 7.07. The number of rotatable bonds is 4. The molecular weight excluding hydrogens is 408 g/mol. The van der Waals surface area contributed by atoms with Crippen LogP contribution in [0.25, 0.3) is 11.3 Å². The number of carbonyl (C=O) groups is 1. The van der Waals surface area contributed by atoms with E-state index in [4.69, 9.17) is 24.4 Å². The van der Waals surface area contributed by atoms with Gasteiger partial charge in [-0.25, -0.2) is 14.8 Å². The molecule has 0 saturated carbocycles. The van der Waals surface area contributed by atoms with E-state index in [0.717, 1.165) is 17.0 Å². The monoisotopic (exact) mass is 428 g/mol. The number of nitrogens with two attached hydrogens (primary N) is 1. The van der Waals surface area contributed by atoms with E-state index in [1.54, 1.807) is 18.3 Å². The van der Waals surface area contributed by atoms with Gasteiger partial charge in [-0.1, -0.05) is 17.4 Å². The Hall–Kier alpha value is -3.11. The molecule has 2 aliphatic rings. The smallest absolute Gasteiger partial charge is 0.341 e. The fraction of sp³-hybridized carbons (Fsp3) is 0.350. The maximum atomic E-state index is 12.1. The number of benzene rings is 1. The van der Waals surface area contributed by atoms with Crippen molar-refractivity contribution in [3.63, 3.8) is 0 Å². The topological polar surface area (TPSA) is 113 Å². The van der Waals surface area contributed by atoms with E-state index in [1.807, 2.05) is 6.07 Å². The molecule has 1 fully saturated rings. The van der Waals surface area contributed by atoms with Crippen LogP contribution < -0.4 is 15.4 Å². The van der Waals surface area contributed by atoms with Crippen LogP contribution in [0.3, 0.4) is 0 Å². The average Bonchev–Trinajstić information content (AvgIpc) is 3.38. The maximum Gasteiger partial charge on any atom is 0.341 e. The van der Waals surface area contributed by atoms with Gasteiger partial charge in [0.05, 0.1) is 61.8 Å². The van der Waals surface area contributed by atoms with Gasteiger partial charge in [-0.05, 0) is 12.1 Å². The van der Waals surface area contributed by atoms with Crippen molar-refractivity contribution < 1.29 is 23.4 Å². The Morgan fingerprint density at radius 1 is 1.33 bits per heavy atom. The number of carbonyl (C=O) groups excluding carboxylic acids is 1. The molecule has 3 aromatic rings. The normalized spacial score (nSPS) is 20.0. The predicted octanol–water partition coefficient (Wildman–Crippen LogP) is 2.68. The number of oxazole rings is 1. The summed E-state index contributed by atoms with van der Waals surface area (Å²) >= 11 is 1.48. The van der Waals surface area contributed by atoms with Crippen LogP contribution >= 0.6 is 11.3 Å². The third kappa shape index (κ3) is 2.91. The Bertz CT molecular complexity index is 1110. The number of nitrogen functional groups attached to an aromatic ring is 1. The minimum absolute atomic E-state index is 0.0444. The summed E-state index contributed by atoms with van der Waals surface area (Å²) in [6.45, 7) is 1.08. The first-order chi connectivity index (χ1) is 14.6. The zero-order valence-corrected chi connectivity index (χ0v) is 17.3. The van der Waals surface area contributed by atoms with Crippen molar-refractivity contribution in [3.05, 3.63) is 40.5 Å². The standard InChI is InChI=1S/C20H20N4O5S/c1-26-16-11(4-3-5-12(16)18(25)27-2)15-7-22-20(29-15)24-10-6-13-17(30-19(21)23-13)14(24)9-28-8-10/h3-5,7,10,14H,6,8-9H2,1-2H3,(H2,21,23)/t10-,14-/m0/s1. The third-order valence-electron chi connectivity index (χ3n) is 5.40. The zero-order valence-electron chi connectivity index (χ0n) is 16.5. The number of nitrogens with zero attached hydrogens (tertiary/aromatic N) is 3. The molecule has 156 valence electrons. The molecule has 10 heteroatoms. The number of thiazole rings is 1. The van der Waals surface area contributed by atoms with Crippen molar-refractivity contribution in [1.82, 2.24) is 9.97 Å². The molecule has 1 saturated heterocycles. The van der Waals surface area contributed by atoms with Crippen LogP contribution in [-0.4, -0.2) is 49.4 Å². The number of anilines is 2. The van der Waals surface area contributed by atoms with Crippen LogP contribution in [-0.2, 0) is 15.9 Å². The van der Waals surface area contributed by atoms with Crippen molar-refractivity contribution in [2.45, 2.75) is 18.5 Å². The van der Waals surface area contributed by atoms with Gasteiger partial charge in [0, 0.05) is 6.42 Å². The summed E-state index contributed by atoms with van der Waals surface area (Å²) in [6, 6.07) is 5.73. The van der Waals surface area contributed by atoms with Gasteiger partial charge in [-0.15, -0.1) is 0 Å². The summed E-state index contributed by atoms with van der Waals surface area (Å²) in [4.78, 5) is 24.3. The first-order valence-electron chi connectivity index (χ1n) is 9.43. The molecule has 0 radical (unpaired) electrons. The SMILES string of the molecule is COC(=O)c1cccc(-c2cnc(N3[C@@H]4COC[C@H]3c3sc(N)nc3C4)o2)c1OC. The number of methoxy groups -OCH3 is 2. The molecule has 2 aliphatic heterocycles. The molecule has 5 rings (SSSR count). The predicted molar refractivity (Wildman–Crippen MR) is 110 cm³/mol. The number of para-hydroxylation sites is 1. The largest absolute Gasteiger partial charge is 0.495 e. The number of aromatic nitrogens is 2. The number of morpholine rings is 1. The van der Waals surface area contributed by atoms with Crippen LogP contribution in [0.4, 0.5) is 11.1 Å². The third-order valence-corrected chi connectivity index (χ3v) is 6.42. The highest BCUT2D eigenvalue weighted by Gasteiger charge is 2.42. The van der Waals surface area contributed by atoms with E-state index < -0.39 is 5.97 Å². The Kier molecular flexibility index (Phi) is 4.59. The number of fused-ring (bicyclic) bond motifs is 4. The highest BCUT2D eigenvalue weighted by atomic mass is 32.1. The van der Waals surface area contributed by atoms with E-state index >= 15 is 0 Å². The summed E-state index contributed by atoms with van der Waals surface area (Å²) in [6.07, 6.45) is 2.36. The Morgan fingerprint density at radius 3 is 3.00 bits per heavy atom. The van der Waals surface area contributed by atoms with Gasteiger partial charge < -0.3 is 29.3 Å². The van der Waals surface area contributed by atoms with Gasteiger partial charge in [-0.3, -0.25) is 0 Å². The lowest BCUT2D eigenvalue weighted by atomic mass is 9.97. The molecule has 2 aromatic heterocycles. The Balaban J connectivity index is 1.53. The molecule has 2 N–H and O–H groups in total. The lowest BCUT2D eigenvalue weighted by Crippen LogP contribution is -2.51. The lowest BCUT2D eigenvalue weighted by Gasteiger charge is -2.43. The number of ether oxygens (including phenoxy) is 3. The molecule has 0 spiro atoms. The van der Waals surface area contributed by atoms with E-state index in [1.165, 1.54) is 25.6 Å². The number of hydrogen-bond acceptors (Lipinski definition) is 10. The second-order valence-corrected chi connectivity index (χ2v) is 8.13. The number of hydrogen-bond donors (Lipinski definition) is 1. The summed E-state index contributed by atoms with van der Waals surface area (Å²) in [7, 11) is 2.84. The van der Waals surface area contributed by atoms with Crippen molar-refractivity contribution in [2.24, 2.45) is 0 Å². The first kappa shape index (κ1) is 18.9. The quantitative estimate of drug-likeness (QED) is 0.627. The lowest BCUT2D eigenvalue weighted by molar-refractivity contribution is 0.0578. The van der Waals surface area contributed by atoms with Crippen LogP contribution in [0.2, 0.25) is 0 Å². The number of esters is 1. The van der Waals surface area contributed by atoms with Gasteiger partial charge in [-0.2, -0.15) is 0 Å². The Labute approximate surface area is 176 Å². The van der Waals surface area contributed by atoms with Crippen molar-refractivity contribution >= 4 is 28.5 Å². The van der Waals surface area contributed by atoms with Gasteiger partial charge >= 0.3 is 5.97 Å². The molecule has 0 aliphatic carbocycles. The zero-order chi connectivity index (χ0) is 20.8. The summed E-state index contributed by atoms with van der Waals surface area (Å²) in [5, 5.41) is 0.560.